The zero-order chi connectivity index (χ0) is 22.6. The van der Waals surface area contributed by atoms with E-state index in [4.69, 9.17) is 9.97 Å². The van der Waals surface area contributed by atoms with Crippen molar-refractivity contribution in [1.29, 1.82) is 0 Å². The standard InChI is InChI=1S/C28H31N3O2/c32-22-14-15-23-21(18-22)13-16-24-27(23)29-25(17-20-9-4-5-10-20)28(30-24)31-26(33)12-6-11-19-7-2-1-3-8-19/h1-3,7-8,14-15,18,20,32H,4-6,9-13,16-17H2,(H,30,31,33). The van der Waals surface area contributed by atoms with Gasteiger partial charge in [0.25, 0.3) is 0 Å². The number of nitrogens with zero attached hydrogens (tertiary/aromatic N) is 2. The lowest BCUT2D eigenvalue weighted by atomic mass is 9.91. The van der Waals surface area contributed by atoms with Crippen molar-refractivity contribution in [3.05, 3.63) is 71.0 Å². The van der Waals surface area contributed by atoms with E-state index in [-0.39, 0.29) is 11.7 Å². The van der Waals surface area contributed by atoms with Crippen LogP contribution in [0.25, 0.3) is 11.3 Å². The SMILES string of the molecule is O=C(CCCc1ccccc1)Nc1nc2c(nc1CC1CCCC1)-c1ccc(O)cc1CC2. The van der Waals surface area contributed by atoms with Gasteiger partial charge in [-0.25, -0.2) is 9.97 Å². The fourth-order valence-corrected chi connectivity index (χ4v) is 5.19. The monoisotopic (exact) mass is 441 g/mol. The van der Waals surface area contributed by atoms with Crippen LogP contribution in [0.4, 0.5) is 5.82 Å². The number of rotatable bonds is 7. The van der Waals surface area contributed by atoms with Crippen LogP contribution in [0, 0.1) is 5.92 Å². The van der Waals surface area contributed by atoms with Gasteiger partial charge in [-0.2, -0.15) is 0 Å². The average Bonchev–Trinajstić information content (AvgIpc) is 3.33. The van der Waals surface area contributed by atoms with Crippen molar-refractivity contribution in [1.82, 2.24) is 9.97 Å². The maximum Gasteiger partial charge on any atom is 0.225 e. The summed E-state index contributed by atoms with van der Waals surface area (Å²) in [7, 11) is 0. The van der Waals surface area contributed by atoms with Crippen molar-refractivity contribution in [3.63, 3.8) is 0 Å². The molecule has 2 aromatic carbocycles. The summed E-state index contributed by atoms with van der Waals surface area (Å²) in [5.74, 6) is 1.55. The Kier molecular flexibility index (Phi) is 6.38. The summed E-state index contributed by atoms with van der Waals surface area (Å²) in [5, 5.41) is 13.0. The smallest absolute Gasteiger partial charge is 0.225 e. The van der Waals surface area contributed by atoms with Crippen LogP contribution in [0.2, 0.25) is 0 Å². The number of phenols is 1. The number of hydrogen-bond donors (Lipinski definition) is 2. The molecule has 1 aromatic heterocycles. The van der Waals surface area contributed by atoms with Gasteiger partial charge in [0.05, 0.1) is 17.1 Å². The minimum absolute atomic E-state index is 0.00832. The lowest BCUT2D eigenvalue weighted by Gasteiger charge is -2.22. The zero-order valence-electron chi connectivity index (χ0n) is 19.0. The Morgan fingerprint density at radius 3 is 2.67 bits per heavy atom. The predicted molar refractivity (Wildman–Crippen MR) is 130 cm³/mol. The Balaban J connectivity index is 1.36. The Morgan fingerprint density at radius 2 is 1.85 bits per heavy atom. The van der Waals surface area contributed by atoms with Gasteiger partial charge in [-0.15, -0.1) is 0 Å². The van der Waals surface area contributed by atoms with Crippen LogP contribution >= 0.6 is 0 Å². The van der Waals surface area contributed by atoms with E-state index in [2.05, 4.69) is 17.4 Å². The Bertz CT molecular complexity index is 1140. The molecule has 3 aromatic rings. The molecule has 2 N–H and O–H groups in total. The molecule has 1 amide bonds. The Hall–Kier alpha value is -3.21. The largest absolute Gasteiger partial charge is 0.508 e. The van der Waals surface area contributed by atoms with E-state index < -0.39 is 0 Å². The molecule has 0 unspecified atom stereocenters. The maximum atomic E-state index is 12.8. The molecule has 33 heavy (non-hydrogen) atoms. The molecule has 5 nitrogen and oxygen atoms in total. The van der Waals surface area contributed by atoms with E-state index in [1.54, 1.807) is 6.07 Å². The van der Waals surface area contributed by atoms with Crippen molar-refractivity contribution >= 4 is 11.7 Å². The highest BCUT2D eigenvalue weighted by atomic mass is 16.3. The van der Waals surface area contributed by atoms with E-state index in [0.717, 1.165) is 60.3 Å². The average molecular weight is 442 g/mol. The van der Waals surface area contributed by atoms with E-state index in [9.17, 15) is 9.90 Å². The molecule has 0 aliphatic heterocycles. The number of anilines is 1. The normalized spacial score (nSPS) is 15.2. The summed E-state index contributed by atoms with van der Waals surface area (Å²) in [6.45, 7) is 0. The molecule has 0 atom stereocenters. The third-order valence-corrected chi connectivity index (χ3v) is 6.94. The fraction of sp³-hybridized carbons (Fsp3) is 0.393. The van der Waals surface area contributed by atoms with Crippen LogP contribution in [0.1, 0.15) is 61.0 Å². The minimum atomic E-state index is 0.00832. The van der Waals surface area contributed by atoms with Gasteiger partial charge in [0.1, 0.15) is 5.75 Å². The highest BCUT2D eigenvalue weighted by molar-refractivity contribution is 5.90. The number of hydrogen-bond acceptors (Lipinski definition) is 4. The van der Waals surface area contributed by atoms with Crippen LogP contribution in [-0.2, 0) is 30.5 Å². The number of benzene rings is 2. The topological polar surface area (TPSA) is 75.1 Å². The van der Waals surface area contributed by atoms with Gasteiger partial charge in [-0.05, 0) is 67.3 Å². The fourth-order valence-electron chi connectivity index (χ4n) is 5.19. The quantitative estimate of drug-likeness (QED) is 0.497. The summed E-state index contributed by atoms with van der Waals surface area (Å²) in [6, 6.07) is 15.8. The number of amides is 1. The third-order valence-electron chi connectivity index (χ3n) is 6.94. The van der Waals surface area contributed by atoms with Gasteiger partial charge in [0.15, 0.2) is 5.82 Å². The van der Waals surface area contributed by atoms with Crippen molar-refractivity contribution < 1.29 is 9.90 Å². The van der Waals surface area contributed by atoms with Crippen LogP contribution in [-0.4, -0.2) is 21.0 Å². The lowest BCUT2D eigenvalue weighted by Crippen LogP contribution is -2.19. The first-order chi connectivity index (χ1) is 16.2. The first kappa shape index (κ1) is 21.6. The number of fused-ring (bicyclic) bond motifs is 3. The second kappa shape index (κ2) is 9.74. The van der Waals surface area contributed by atoms with Gasteiger partial charge in [-0.1, -0.05) is 56.0 Å². The van der Waals surface area contributed by atoms with E-state index in [0.29, 0.717) is 18.2 Å². The second-order valence-electron chi connectivity index (χ2n) is 9.40. The number of aromatic hydroxyl groups is 1. The lowest BCUT2D eigenvalue weighted by molar-refractivity contribution is -0.116. The van der Waals surface area contributed by atoms with Crippen LogP contribution in [0.15, 0.2) is 48.5 Å². The molecule has 2 aliphatic carbocycles. The molecule has 0 radical (unpaired) electrons. The van der Waals surface area contributed by atoms with E-state index in [1.807, 2.05) is 30.3 Å². The molecule has 1 saturated carbocycles. The molecule has 0 spiro atoms. The van der Waals surface area contributed by atoms with Gasteiger partial charge in [0, 0.05) is 12.0 Å². The molecule has 1 fully saturated rings. The third kappa shape index (κ3) is 5.08. The second-order valence-corrected chi connectivity index (χ2v) is 9.40. The number of nitrogens with one attached hydrogen (secondary N) is 1. The summed E-state index contributed by atoms with van der Waals surface area (Å²) >= 11 is 0. The van der Waals surface area contributed by atoms with Crippen molar-refractivity contribution in [2.45, 2.75) is 64.2 Å². The first-order valence-electron chi connectivity index (χ1n) is 12.2. The summed E-state index contributed by atoms with van der Waals surface area (Å²) in [5.41, 5.74) is 6.16. The summed E-state index contributed by atoms with van der Waals surface area (Å²) in [6.07, 6.45) is 9.58. The minimum Gasteiger partial charge on any atom is -0.508 e. The highest BCUT2D eigenvalue weighted by Gasteiger charge is 2.25. The molecule has 0 bridgehead atoms. The van der Waals surface area contributed by atoms with Crippen molar-refractivity contribution in [3.8, 4) is 17.0 Å². The Morgan fingerprint density at radius 1 is 1.03 bits per heavy atom. The van der Waals surface area contributed by atoms with Gasteiger partial charge in [0.2, 0.25) is 5.91 Å². The van der Waals surface area contributed by atoms with Crippen LogP contribution < -0.4 is 5.32 Å². The van der Waals surface area contributed by atoms with Gasteiger partial charge < -0.3 is 10.4 Å². The maximum absolute atomic E-state index is 12.8. The number of aryl methyl sites for hydroxylation is 3. The highest BCUT2D eigenvalue weighted by Crippen LogP contribution is 2.36. The number of carbonyl (C=O) groups is 1. The molecule has 5 rings (SSSR count). The molecular formula is C28H31N3O2. The zero-order valence-corrected chi connectivity index (χ0v) is 19.0. The van der Waals surface area contributed by atoms with E-state index in [1.165, 1.54) is 31.2 Å². The number of aromatic nitrogens is 2. The number of carbonyl (C=O) groups excluding carboxylic acids is 1. The Labute approximate surface area is 195 Å². The number of phenolic OH excluding ortho intramolecular Hbond substituents is 1. The summed E-state index contributed by atoms with van der Waals surface area (Å²) in [4.78, 5) is 22.8. The van der Waals surface area contributed by atoms with Crippen molar-refractivity contribution in [2.75, 3.05) is 5.32 Å². The first-order valence-corrected chi connectivity index (χ1v) is 12.2. The molecule has 170 valence electrons. The molecule has 0 saturated heterocycles. The van der Waals surface area contributed by atoms with Crippen molar-refractivity contribution in [2.24, 2.45) is 5.92 Å². The molecule has 5 heteroatoms. The van der Waals surface area contributed by atoms with Gasteiger partial charge >= 0.3 is 0 Å². The summed E-state index contributed by atoms with van der Waals surface area (Å²) < 4.78 is 0. The molecule has 1 heterocycles. The van der Waals surface area contributed by atoms with Crippen LogP contribution in [0.5, 0.6) is 5.75 Å². The molecular weight excluding hydrogens is 410 g/mol. The van der Waals surface area contributed by atoms with E-state index >= 15 is 0 Å². The van der Waals surface area contributed by atoms with Crippen LogP contribution in [0.3, 0.4) is 0 Å². The van der Waals surface area contributed by atoms with Gasteiger partial charge in [-0.3, -0.25) is 4.79 Å². The predicted octanol–water partition coefficient (Wildman–Crippen LogP) is 5.64. The molecule has 2 aliphatic rings.